The summed E-state index contributed by atoms with van der Waals surface area (Å²) >= 11 is 0.749. The molecule has 9 atom stereocenters. The normalized spacial score (nSPS) is 38.6. The molecule has 0 unspecified atom stereocenters. The molecule has 0 radical (unpaired) electrons. The quantitative estimate of drug-likeness (QED) is 0.304. The van der Waals surface area contributed by atoms with Crippen LogP contribution in [-0.2, 0) is 23.9 Å². The lowest BCUT2D eigenvalue weighted by Crippen LogP contribution is -2.70. The van der Waals surface area contributed by atoms with E-state index in [1.54, 1.807) is 13.8 Å². The molecule has 1 aromatic carbocycles. The van der Waals surface area contributed by atoms with Gasteiger partial charge in [-0.05, 0) is 81.7 Å². The zero-order valence-corrected chi connectivity index (χ0v) is 27.7. The molecule has 1 N–H and O–H groups in total. The third kappa shape index (κ3) is 4.80. The molecule has 4 aliphatic carbocycles. The first-order valence-corrected chi connectivity index (χ1v) is 16.4. The van der Waals surface area contributed by atoms with Gasteiger partial charge in [-0.15, -0.1) is 0 Å². The lowest BCUT2D eigenvalue weighted by Gasteiger charge is -2.63. The number of carbonyl (C=O) groups is 4. The molecule has 7 nitrogen and oxygen atoms in total. The second kappa shape index (κ2) is 11.5. The molecule has 3 saturated carbocycles. The average Bonchev–Trinajstić information content (AvgIpc) is 3.16. The first kappa shape index (κ1) is 33.7. The van der Waals surface area contributed by atoms with Crippen LogP contribution in [0, 0.1) is 49.4 Å². The van der Waals surface area contributed by atoms with Crippen molar-refractivity contribution in [1.29, 1.82) is 0 Å². The van der Waals surface area contributed by atoms with Gasteiger partial charge in [0.15, 0.2) is 22.8 Å². The van der Waals surface area contributed by atoms with Crippen molar-refractivity contribution in [2.24, 2.45) is 28.6 Å². The highest BCUT2D eigenvalue weighted by atomic mass is 32.2. The number of thioether (sulfide) groups is 1. The number of alkyl halides is 2. The fraction of sp³-hybridized carbons (Fsp3) is 0.600. The molecule has 0 heterocycles. The van der Waals surface area contributed by atoms with Crippen molar-refractivity contribution in [1.82, 2.24) is 0 Å². The zero-order chi connectivity index (χ0) is 33.3. The Morgan fingerprint density at radius 1 is 1.09 bits per heavy atom. The Labute approximate surface area is 267 Å². The zero-order valence-electron chi connectivity index (χ0n) is 26.9. The highest BCUT2D eigenvalue weighted by Gasteiger charge is 2.78. The minimum atomic E-state index is -2.35. The molecule has 0 aliphatic heterocycles. The van der Waals surface area contributed by atoms with E-state index in [0.29, 0.717) is 5.56 Å². The van der Waals surface area contributed by atoms with Gasteiger partial charge >= 0.3 is 5.97 Å². The van der Waals surface area contributed by atoms with Crippen molar-refractivity contribution in [3.8, 4) is 0 Å². The van der Waals surface area contributed by atoms with Crippen LogP contribution in [0.5, 0.6) is 0 Å². The van der Waals surface area contributed by atoms with Crippen molar-refractivity contribution >= 4 is 34.4 Å². The molecule has 3 fully saturated rings. The first-order chi connectivity index (χ1) is 21.0. The van der Waals surface area contributed by atoms with Crippen LogP contribution >= 0.6 is 11.8 Å². The van der Waals surface area contributed by atoms with Gasteiger partial charge in [0.25, 0.3) is 0 Å². The van der Waals surface area contributed by atoms with Crippen molar-refractivity contribution < 1.29 is 42.5 Å². The second-order valence-electron chi connectivity index (χ2n) is 13.9. The number of aliphatic hydroxyl groups excluding tert-OH is 1. The molecule has 5 rings (SSSR count). The number of allylic oxidation sites excluding steroid dienone is 4. The maximum Gasteiger partial charge on any atom is 0.333 e. The highest BCUT2D eigenvalue weighted by molar-refractivity contribution is 8.14. The Morgan fingerprint density at radius 3 is 2.36 bits per heavy atom. The maximum absolute atomic E-state index is 17.7. The number of benzene rings is 1. The number of methoxy groups -OCH3 is 1. The predicted molar refractivity (Wildman–Crippen MR) is 166 cm³/mol. The van der Waals surface area contributed by atoms with Gasteiger partial charge in [0.2, 0.25) is 5.12 Å². The summed E-state index contributed by atoms with van der Waals surface area (Å²) < 4.78 is 44.6. The summed E-state index contributed by atoms with van der Waals surface area (Å²) in [6, 6.07) is 3.80. The van der Waals surface area contributed by atoms with E-state index in [1.807, 2.05) is 32.9 Å². The number of Topliss-reactive ketones (excluding diaryl/α,β-unsaturated/α-hetero) is 1. The minimum Gasteiger partial charge on any atom is -0.447 e. The molecule has 0 spiro atoms. The SMILES string of the molecule is COCC(=O)O[C@]1(C(=O)SCC(=O)c2c(C)cc(C)cc2C)[C@H](C)C[C@H]2[C@@H]3C[C@H](F)C4=CC(=O)C=C[C@]4(C)[C@@]3(F)[C@@H](O)C[C@@]21C. The van der Waals surface area contributed by atoms with E-state index >= 15 is 8.78 Å². The summed E-state index contributed by atoms with van der Waals surface area (Å²) in [6.45, 7) is 10.1. The number of fused-ring (bicyclic) bond motifs is 5. The largest absolute Gasteiger partial charge is 0.447 e. The molecule has 4 aliphatic rings. The topological polar surface area (TPSA) is 107 Å². The van der Waals surface area contributed by atoms with Gasteiger partial charge in [-0.2, -0.15) is 0 Å². The third-order valence-electron chi connectivity index (χ3n) is 11.3. The van der Waals surface area contributed by atoms with Gasteiger partial charge < -0.3 is 14.6 Å². The smallest absolute Gasteiger partial charge is 0.333 e. The van der Waals surface area contributed by atoms with E-state index in [9.17, 15) is 24.3 Å². The third-order valence-corrected chi connectivity index (χ3v) is 12.3. The number of esters is 1. The molecule has 0 saturated heterocycles. The Morgan fingerprint density at radius 2 is 1.73 bits per heavy atom. The van der Waals surface area contributed by atoms with E-state index in [4.69, 9.17) is 9.47 Å². The van der Waals surface area contributed by atoms with Crippen molar-refractivity contribution in [3.05, 3.63) is 58.2 Å². The summed E-state index contributed by atoms with van der Waals surface area (Å²) in [5.74, 6) is -4.07. The molecule has 0 bridgehead atoms. The number of ether oxygens (including phenoxy) is 2. The molecule has 244 valence electrons. The van der Waals surface area contributed by atoms with E-state index in [-0.39, 0.29) is 36.4 Å². The Balaban J connectivity index is 1.55. The van der Waals surface area contributed by atoms with Crippen LogP contribution in [0.15, 0.2) is 35.9 Å². The standard InChI is InChI=1S/C35H42F2O7S/c1-18-10-19(2)30(20(3)11-18)27(39)17-45-31(42)35(44-29(41)16-43-7)21(4)12-23-24-14-26(36)25-13-22(38)8-9-32(25,5)34(24,37)28(40)15-33(23,35)6/h8-11,13,21,23-24,26,28,40H,12,14-17H2,1-7H3/t21-,23+,24+,26+,28+,32+,33+,34+,35+/m1/s1. The molecular formula is C35H42F2O7S. The van der Waals surface area contributed by atoms with Gasteiger partial charge in [-0.25, -0.2) is 13.6 Å². The van der Waals surface area contributed by atoms with Crippen LogP contribution in [0.25, 0.3) is 0 Å². The van der Waals surface area contributed by atoms with Crippen LogP contribution in [0.4, 0.5) is 8.78 Å². The summed E-state index contributed by atoms with van der Waals surface area (Å²) in [7, 11) is 1.32. The van der Waals surface area contributed by atoms with E-state index < -0.39 is 75.6 Å². The van der Waals surface area contributed by atoms with Crippen LogP contribution in [0.3, 0.4) is 0 Å². The molecule has 45 heavy (non-hydrogen) atoms. The van der Waals surface area contributed by atoms with E-state index in [1.165, 1.54) is 26.2 Å². The maximum atomic E-state index is 17.7. The van der Waals surface area contributed by atoms with Gasteiger partial charge in [-0.3, -0.25) is 14.4 Å². The number of aliphatic hydroxyl groups is 1. The van der Waals surface area contributed by atoms with Gasteiger partial charge in [0, 0.05) is 35.3 Å². The summed E-state index contributed by atoms with van der Waals surface area (Å²) in [4.78, 5) is 53.1. The van der Waals surface area contributed by atoms with Crippen LogP contribution in [-0.4, -0.2) is 70.8 Å². The van der Waals surface area contributed by atoms with E-state index in [0.717, 1.165) is 34.5 Å². The molecule has 0 aromatic heterocycles. The number of halogens is 2. The number of ketones is 2. The predicted octanol–water partition coefficient (Wildman–Crippen LogP) is 5.55. The van der Waals surface area contributed by atoms with E-state index in [2.05, 4.69) is 0 Å². The Hall–Kier alpha value is -2.69. The van der Waals surface area contributed by atoms with Crippen LogP contribution in [0.1, 0.15) is 67.1 Å². The molecule has 1 aromatic rings. The summed E-state index contributed by atoms with van der Waals surface area (Å²) in [5, 5.41) is 11.2. The Kier molecular flexibility index (Phi) is 8.62. The van der Waals surface area contributed by atoms with Crippen molar-refractivity contribution in [3.63, 3.8) is 0 Å². The molecule has 10 heteroatoms. The first-order valence-electron chi connectivity index (χ1n) is 15.4. The number of hydrogen-bond acceptors (Lipinski definition) is 8. The minimum absolute atomic E-state index is 0.00655. The van der Waals surface area contributed by atoms with Crippen LogP contribution in [0.2, 0.25) is 0 Å². The van der Waals surface area contributed by atoms with Gasteiger partial charge in [-0.1, -0.05) is 49.4 Å². The lowest BCUT2D eigenvalue weighted by atomic mass is 9.44. The van der Waals surface area contributed by atoms with Gasteiger partial charge in [0.05, 0.1) is 11.9 Å². The molecule has 0 amide bonds. The average molecular weight is 645 g/mol. The number of rotatable bonds is 7. The fourth-order valence-electron chi connectivity index (χ4n) is 9.48. The number of hydrogen-bond donors (Lipinski definition) is 1. The second-order valence-corrected chi connectivity index (χ2v) is 14.9. The Bertz CT molecular complexity index is 1500. The van der Waals surface area contributed by atoms with Crippen molar-refractivity contribution in [2.75, 3.05) is 19.5 Å². The number of aryl methyl sites for hydroxylation is 3. The fourth-order valence-corrected chi connectivity index (χ4v) is 10.6. The number of carbonyl (C=O) groups excluding carboxylic acids is 4. The highest BCUT2D eigenvalue weighted by Crippen LogP contribution is 2.72. The lowest BCUT2D eigenvalue weighted by molar-refractivity contribution is -0.229. The molecular weight excluding hydrogens is 602 g/mol. The summed E-state index contributed by atoms with van der Waals surface area (Å²) in [5.41, 5.74) is -3.95. The van der Waals surface area contributed by atoms with Crippen LogP contribution < -0.4 is 0 Å². The summed E-state index contributed by atoms with van der Waals surface area (Å²) in [6.07, 6.45) is 0.0592. The van der Waals surface area contributed by atoms with Gasteiger partial charge in [0.1, 0.15) is 12.8 Å². The monoisotopic (exact) mass is 644 g/mol. The van der Waals surface area contributed by atoms with Crippen molar-refractivity contribution in [2.45, 2.75) is 84.4 Å².